The van der Waals surface area contributed by atoms with Gasteiger partial charge < -0.3 is 12.9 Å². The summed E-state index contributed by atoms with van der Waals surface area (Å²) in [6.45, 7) is -4.78. The summed E-state index contributed by atoms with van der Waals surface area (Å²) < 4.78 is 34.4. The fraction of sp³-hybridized carbons (Fsp3) is 0.333. The van der Waals surface area contributed by atoms with Crippen LogP contribution in [0, 0.1) is 0 Å². The zero-order valence-electron chi connectivity index (χ0n) is 5.25. The number of halogens is 5. The predicted octanol–water partition coefficient (Wildman–Crippen LogP) is 0.0507. The van der Waals surface area contributed by atoms with Crippen LogP contribution in [0.4, 0.5) is 12.9 Å². The van der Waals surface area contributed by atoms with Crippen molar-refractivity contribution in [2.45, 2.75) is 0 Å². The van der Waals surface area contributed by atoms with Crippen molar-refractivity contribution in [3.8, 4) is 0 Å². The van der Waals surface area contributed by atoms with Crippen LogP contribution in [0.25, 0.3) is 0 Å². The van der Waals surface area contributed by atoms with E-state index in [0.29, 0.717) is 0 Å². The van der Waals surface area contributed by atoms with E-state index >= 15 is 0 Å². The molecule has 0 aliphatic carbocycles. The average molecular weight is 306 g/mol. The molecule has 0 spiro atoms. The molecule has 0 aromatic rings. The molecule has 0 rings (SSSR count). The molecule has 0 fully saturated rings. The Hall–Kier alpha value is 2.19. The molecular formula is C3H3BBr2F3K. The molecular weight excluding hydrogens is 303 g/mol. The van der Waals surface area contributed by atoms with Crippen molar-refractivity contribution in [1.29, 1.82) is 0 Å². The Labute approximate surface area is 117 Å². The van der Waals surface area contributed by atoms with Gasteiger partial charge in [0.15, 0.2) is 0 Å². The van der Waals surface area contributed by atoms with E-state index in [1.54, 1.807) is 0 Å². The zero-order valence-corrected chi connectivity index (χ0v) is 11.5. The van der Waals surface area contributed by atoms with Crippen molar-refractivity contribution < 1.29 is 64.3 Å². The molecule has 0 amide bonds. The van der Waals surface area contributed by atoms with Crippen molar-refractivity contribution in [3.63, 3.8) is 0 Å². The molecule has 7 heteroatoms. The largest absolute Gasteiger partial charge is 1.00 e. The second kappa shape index (κ2) is 6.68. The van der Waals surface area contributed by atoms with E-state index < -0.39 is 6.98 Å². The second-order valence-electron chi connectivity index (χ2n) is 1.37. The molecule has 0 heterocycles. The summed E-state index contributed by atoms with van der Waals surface area (Å²) in [7, 11) is 0. The molecule has 0 N–H and O–H groups in total. The van der Waals surface area contributed by atoms with Gasteiger partial charge in [-0.15, -0.1) is 5.98 Å². The molecule has 0 aromatic heterocycles. The first-order valence-corrected chi connectivity index (χ1v) is 4.00. The minimum atomic E-state index is -4.78. The Bertz CT molecular complexity index is 123. The molecule has 0 unspecified atom stereocenters. The summed E-state index contributed by atoms with van der Waals surface area (Å²) in [5, 5.41) is 0.203. The molecule has 54 valence electrons. The van der Waals surface area contributed by atoms with Gasteiger partial charge in [0, 0.05) is 5.33 Å². The van der Waals surface area contributed by atoms with Gasteiger partial charge >= 0.3 is 58.4 Å². The van der Waals surface area contributed by atoms with Crippen LogP contribution in [0.2, 0.25) is 0 Å². The predicted molar refractivity (Wildman–Crippen MR) is 39.9 cm³/mol. The summed E-state index contributed by atoms with van der Waals surface area (Å²) in [6, 6.07) is 0. The van der Waals surface area contributed by atoms with Crippen LogP contribution >= 0.6 is 31.9 Å². The fourth-order valence-electron chi connectivity index (χ4n) is 0.250. The summed E-state index contributed by atoms with van der Waals surface area (Å²) in [5.41, 5.74) is 0. The Morgan fingerprint density at radius 3 is 1.90 bits per heavy atom. The third-order valence-corrected chi connectivity index (χ3v) is 2.40. The summed E-state index contributed by atoms with van der Waals surface area (Å²) in [4.78, 5) is 0. The van der Waals surface area contributed by atoms with Crippen molar-refractivity contribution in [3.05, 3.63) is 10.5 Å². The second-order valence-corrected chi connectivity index (χ2v) is 2.95. The van der Waals surface area contributed by atoms with Crippen molar-refractivity contribution in [2.75, 3.05) is 5.33 Å². The van der Waals surface area contributed by atoms with E-state index in [-0.39, 0.29) is 67.2 Å². The van der Waals surface area contributed by atoms with Crippen LogP contribution in [0.5, 0.6) is 0 Å². The molecule has 0 bridgehead atoms. The average Bonchev–Trinajstić information content (AvgIpc) is 1.62. The van der Waals surface area contributed by atoms with Crippen LogP contribution in [0.15, 0.2) is 10.5 Å². The van der Waals surface area contributed by atoms with Crippen molar-refractivity contribution in [2.24, 2.45) is 0 Å². The van der Waals surface area contributed by atoms with Crippen molar-refractivity contribution in [1.82, 2.24) is 0 Å². The maximum Gasteiger partial charge on any atom is 1.00 e. The maximum atomic E-state index is 11.4. The number of allylic oxidation sites excluding steroid dienone is 1. The molecule has 0 radical (unpaired) electrons. The van der Waals surface area contributed by atoms with Gasteiger partial charge in [0.2, 0.25) is 0 Å². The third kappa shape index (κ3) is 10.2. The van der Waals surface area contributed by atoms with E-state index in [2.05, 4.69) is 31.9 Å². The fourth-order valence-corrected chi connectivity index (χ4v) is 0.736. The van der Waals surface area contributed by atoms with E-state index in [9.17, 15) is 12.9 Å². The van der Waals surface area contributed by atoms with Gasteiger partial charge in [-0.25, -0.2) is 0 Å². The Kier molecular flexibility index (Phi) is 9.82. The van der Waals surface area contributed by atoms with Gasteiger partial charge in [-0.1, -0.05) is 31.9 Å². The quantitative estimate of drug-likeness (QED) is 0.500. The van der Waals surface area contributed by atoms with Crippen molar-refractivity contribution >= 4 is 38.8 Å². The van der Waals surface area contributed by atoms with Crippen LogP contribution < -0.4 is 51.4 Å². The molecule has 0 saturated heterocycles. The SMILES string of the molecule is F[B-](F)(F)/C=C(\Br)CBr.[K+]. The number of alkyl halides is 1. The Morgan fingerprint density at radius 1 is 1.40 bits per heavy atom. The molecule has 10 heavy (non-hydrogen) atoms. The third-order valence-electron chi connectivity index (χ3n) is 0.497. The summed E-state index contributed by atoms with van der Waals surface area (Å²) in [6.07, 6.45) is 0. The van der Waals surface area contributed by atoms with Gasteiger partial charge in [-0.3, -0.25) is 0 Å². The summed E-state index contributed by atoms with van der Waals surface area (Å²) >= 11 is 5.58. The Balaban J connectivity index is 0. The molecule has 0 nitrogen and oxygen atoms in total. The van der Waals surface area contributed by atoms with Crippen LogP contribution in [0.1, 0.15) is 0 Å². The van der Waals surface area contributed by atoms with Gasteiger partial charge in [0.05, 0.1) is 0 Å². The van der Waals surface area contributed by atoms with Gasteiger partial charge in [0.1, 0.15) is 0 Å². The van der Waals surface area contributed by atoms with Gasteiger partial charge in [-0.05, 0) is 4.48 Å². The first-order chi connectivity index (χ1) is 3.95. The van der Waals surface area contributed by atoms with Crippen LogP contribution in [-0.2, 0) is 0 Å². The Morgan fingerprint density at radius 2 is 1.80 bits per heavy atom. The molecule has 0 aliphatic heterocycles. The number of hydrogen-bond acceptors (Lipinski definition) is 0. The smallest absolute Gasteiger partial charge is 0.445 e. The maximum absolute atomic E-state index is 11.4. The van der Waals surface area contributed by atoms with E-state index in [1.165, 1.54) is 0 Å². The first-order valence-electron chi connectivity index (χ1n) is 2.09. The standard InChI is InChI=1S/C3H3BBr2F3.K/c5-2-3(6)1-4(7,8)9;/h1H,2H2;/q-1;+1/b3-1-;. The monoisotopic (exact) mass is 304 g/mol. The minimum Gasteiger partial charge on any atom is -0.445 e. The van der Waals surface area contributed by atoms with Crippen LogP contribution in [0.3, 0.4) is 0 Å². The minimum absolute atomic E-state index is 0. The normalized spacial score (nSPS) is 12.7. The van der Waals surface area contributed by atoms with E-state index in [4.69, 9.17) is 0 Å². The van der Waals surface area contributed by atoms with E-state index in [0.717, 1.165) is 0 Å². The van der Waals surface area contributed by atoms with Gasteiger partial charge in [-0.2, -0.15) is 0 Å². The van der Waals surface area contributed by atoms with Crippen LogP contribution in [-0.4, -0.2) is 12.3 Å². The number of rotatable bonds is 2. The molecule has 0 aromatic carbocycles. The number of hydrogen-bond donors (Lipinski definition) is 0. The molecule has 0 atom stereocenters. The molecule has 0 aliphatic rings. The van der Waals surface area contributed by atoms with E-state index in [1.807, 2.05) is 0 Å². The summed E-state index contributed by atoms with van der Waals surface area (Å²) in [5.74, 6) is 0.259. The van der Waals surface area contributed by atoms with Gasteiger partial charge in [0.25, 0.3) is 0 Å². The zero-order chi connectivity index (χ0) is 7.49. The molecule has 0 saturated carbocycles. The first kappa shape index (κ1) is 14.7. The topological polar surface area (TPSA) is 0 Å².